The van der Waals surface area contributed by atoms with Crippen LogP contribution in [0.3, 0.4) is 0 Å². The van der Waals surface area contributed by atoms with Crippen LogP contribution in [0, 0.1) is 0 Å². The number of fused-ring (bicyclic) bond motifs is 7. The summed E-state index contributed by atoms with van der Waals surface area (Å²) in [5.41, 5.74) is 15.5. The van der Waals surface area contributed by atoms with Crippen molar-refractivity contribution in [2.24, 2.45) is 0 Å². The summed E-state index contributed by atoms with van der Waals surface area (Å²) in [6.45, 7) is 0. The summed E-state index contributed by atoms with van der Waals surface area (Å²) in [5, 5.41) is 6.87. The zero-order valence-corrected chi connectivity index (χ0v) is 33.1. The van der Waals surface area contributed by atoms with Crippen molar-refractivity contribution in [3.8, 4) is 44.5 Å². The molecule has 3 heteroatoms. The first-order valence-electron chi connectivity index (χ1n) is 20.7. The maximum absolute atomic E-state index is 6.86. The molecule has 0 radical (unpaired) electrons. The SMILES string of the molecule is c1ccc(-c2cccc3c2oc2c(-c4ccc(N(c5ccc(-c6ccc7ccccc7c6)cc5)c5cccc6c5oc5cccc(-c7ccccc7)c56)cc4)cccc23)cc1. The fraction of sp³-hybridized carbons (Fsp3) is 0. The summed E-state index contributed by atoms with van der Waals surface area (Å²) >= 11 is 0. The zero-order valence-electron chi connectivity index (χ0n) is 33.1. The van der Waals surface area contributed by atoms with Crippen LogP contribution in [0.4, 0.5) is 17.1 Å². The van der Waals surface area contributed by atoms with Crippen LogP contribution < -0.4 is 4.90 Å². The van der Waals surface area contributed by atoms with Crippen molar-refractivity contribution in [3.05, 3.63) is 224 Å². The lowest BCUT2D eigenvalue weighted by Gasteiger charge is -2.26. The first-order chi connectivity index (χ1) is 30.2. The normalized spacial score (nSPS) is 11.6. The van der Waals surface area contributed by atoms with Gasteiger partial charge in [-0.05, 0) is 86.6 Å². The molecule has 286 valence electrons. The average Bonchev–Trinajstić information content (AvgIpc) is 3.92. The summed E-state index contributed by atoms with van der Waals surface area (Å²) in [7, 11) is 0. The molecule has 0 atom stereocenters. The molecule has 61 heavy (non-hydrogen) atoms. The zero-order chi connectivity index (χ0) is 40.3. The van der Waals surface area contributed by atoms with E-state index in [1.165, 1.54) is 16.3 Å². The van der Waals surface area contributed by atoms with Gasteiger partial charge in [-0.3, -0.25) is 0 Å². The molecule has 0 unspecified atom stereocenters. The first-order valence-corrected chi connectivity index (χ1v) is 20.7. The Morgan fingerprint density at radius 1 is 0.295 bits per heavy atom. The largest absolute Gasteiger partial charge is 0.455 e. The van der Waals surface area contributed by atoms with Gasteiger partial charge >= 0.3 is 0 Å². The van der Waals surface area contributed by atoms with Gasteiger partial charge in [0.2, 0.25) is 0 Å². The molecule has 0 fully saturated rings. The van der Waals surface area contributed by atoms with Gasteiger partial charge in [-0.25, -0.2) is 0 Å². The molecule has 2 heterocycles. The highest BCUT2D eigenvalue weighted by atomic mass is 16.3. The molecule has 0 aliphatic rings. The lowest BCUT2D eigenvalue weighted by atomic mass is 9.99. The van der Waals surface area contributed by atoms with Crippen molar-refractivity contribution in [1.82, 2.24) is 0 Å². The van der Waals surface area contributed by atoms with Crippen molar-refractivity contribution in [3.63, 3.8) is 0 Å². The van der Waals surface area contributed by atoms with Gasteiger partial charge in [0.25, 0.3) is 0 Å². The molecular formula is C58H37NO2. The molecule has 3 nitrogen and oxygen atoms in total. The Morgan fingerprint density at radius 3 is 1.48 bits per heavy atom. The number of hydrogen-bond donors (Lipinski definition) is 0. The molecule has 0 spiro atoms. The Morgan fingerprint density at radius 2 is 0.803 bits per heavy atom. The predicted molar refractivity (Wildman–Crippen MR) is 255 cm³/mol. The van der Waals surface area contributed by atoms with E-state index < -0.39 is 0 Å². The number of hydrogen-bond acceptors (Lipinski definition) is 3. The lowest BCUT2D eigenvalue weighted by molar-refractivity contribution is 0.669. The molecule has 2 aromatic heterocycles. The van der Waals surface area contributed by atoms with Gasteiger partial charge in [-0.1, -0.05) is 182 Å². The topological polar surface area (TPSA) is 29.5 Å². The van der Waals surface area contributed by atoms with E-state index in [9.17, 15) is 0 Å². The van der Waals surface area contributed by atoms with Crippen molar-refractivity contribution >= 4 is 71.7 Å². The fourth-order valence-corrected chi connectivity index (χ4v) is 9.15. The maximum Gasteiger partial charge on any atom is 0.159 e. The Balaban J connectivity index is 1.00. The van der Waals surface area contributed by atoms with Crippen LogP contribution in [-0.4, -0.2) is 0 Å². The number of para-hydroxylation sites is 3. The first kappa shape index (κ1) is 34.9. The number of nitrogens with zero attached hydrogens (tertiary/aromatic N) is 1. The summed E-state index contributed by atoms with van der Waals surface area (Å²) in [6.07, 6.45) is 0. The highest BCUT2D eigenvalue weighted by Crippen LogP contribution is 2.46. The second kappa shape index (κ2) is 14.3. The fourth-order valence-electron chi connectivity index (χ4n) is 9.15. The molecule has 0 amide bonds. The quantitative estimate of drug-likeness (QED) is 0.161. The molecule has 0 aliphatic carbocycles. The third-order valence-electron chi connectivity index (χ3n) is 12.1. The molecule has 10 aromatic carbocycles. The van der Waals surface area contributed by atoms with E-state index in [4.69, 9.17) is 8.83 Å². The van der Waals surface area contributed by atoms with Gasteiger partial charge in [0.05, 0.1) is 5.69 Å². The van der Waals surface area contributed by atoms with Crippen molar-refractivity contribution in [2.75, 3.05) is 4.90 Å². The van der Waals surface area contributed by atoms with Gasteiger partial charge in [0, 0.05) is 44.0 Å². The summed E-state index contributed by atoms with van der Waals surface area (Å²) in [5.74, 6) is 0. The van der Waals surface area contributed by atoms with Crippen LogP contribution in [-0.2, 0) is 0 Å². The van der Waals surface area contributed by atoms with Crippen LogP contribution in [0.1, 0.15) is 0 Å². The Hall–Kier alpha value is -8.14. The second-order valence-electron chi connectivity index (χ2n) is 15.6. The Bertz CT molecular complexity index is 3560. The number of rotatable bonds is 7. The monoisotopic (exact) mass is 779 g/mol. The van der Waals surface area contributed by atoms with E-state index in [0.29, 0.717) is 0 Å². The van der Waals surface area contributed by atoms with Crippen molar-refractivity contribution in [2.45, 2.75) is 0 Å². The van der Waals surface area contributed by atoms with Gasteiger partial charge in [0.1, 0.15) is 16.7 Å². The van der Waals surface area contributed by atoms with Crippen LogP contribution in [0.2, 0.25) is 0 Å². The molecule has 0 bridgehead atoms. The van der Waals surface area contributed by atoms with Crippen LogP contribution in [0.25, 0.3) is 99.2 Å². The van der Waals surface area contributed by atoms with Gasteiger partial charge in [0.15, 0.2) is 5.58 Å². The number of anilines is 3. The third-order valence-corrected chi connectivity index (χ3v) is 12.1. The molecule has 0 saturated carbocycles. The third kappa shape index (κ3) is 5.90. The molecule has 12 aromatic rings. The highest BCUT2D eigenvalue weighted by Gasteiger charge is 2.22. The Kier molecular flexibility index (Phi) is 8.17. The van der Waals surface area contributed by atoms with Crippen LogP contribution >= 0.6 is 0 Å². The maximum atomic E-state index is 6.86. The van der Waals surface area contributed by atoms with Gasteiger partial charge in [-0.2, -0.15) is 0 Å². The number of benzene rings is 10. The second-order valence-corrected chi connectivity index (χ2v) is 15.6. The molecule has 12 rings (SSSR count). The summed E-state index contributed by atoms with van der Waals surface area (Å²) in [4.78, 5) is 2.31. The minimum absolute atomic E-state index is 0.838. The molecule has 0 N–H and O–H groups in total. The Labute approximate surface area is 353 Å². The van der Waals surface area contributed by atoms with Gasteiger partial charge < -0.3 is 13.7 Å². The van der Waals surface area contributed by atoms with Gasteiger partial charge in [-0.15, -0.1) is 0 Å². The van der Waals surface area contributed by atoms with Crippen LogP contribution in [0.15, 0.2) is 233 Å². The van der Waals surface area contributed by atoms with Crippen molar-refractivity contribution < 1.29 is 8.83 Å². The van der Waals surface area contributed by atoms with E-state index in [1.54, 1.807) is 0 Å². The summed E-state index contributed by atoms with van der Waals surface area (Å²) < 4.78 is 13.7. The van der Waals surface area contributed by atoms with E-state index in [1.807, 2.05) is 6.07 Å². The summed E-state index contributed by atoms with van der Waals surface area (Å²) in [6, 6.07) is 79.6. The van der Waals surface area contributed by atoms with Crippen molar-refractivity contribution in [1.29, 1.82) is 0 Å². The molecule has 0 aliphatic heterocycles. The standard InChI is InChI=1S/C58H37NO2/c1-3-14-40(15-4-1)47-19-12-26-54-55(47)52-24-11-25-53(58(52)60-54)59(45-33-29-39(30-34-45)44-28-27-38-13-7-8-18-43(38)37-44)46-35-31-42(32-36-46)49-21-10-23-51-50-22-9-20-48(56(50)61-57(49)51)41-16-5-2-6-17-41/h1-37H. The van der Waals surface area contributed by atoms with E-state index in [-0.39, 0.29) is 0 Å². The predicted octanol–water partition coefficient (Wildman–Crippen LogP) is 16.8. The van der Waals surface area contributed by atoms with Crippen LogP contribution in [0.5, 0.6) is 0 Å². The minimum Gasteiger partial charge on any atom is -0.455 e. The average molecular weight is 780 g/mol. The lowest BCUT2D eigenvalue weighted by Crippen LogP contribution is -2.10. The minimum atomic E-state index is 0.838. The molecule has 0 saturated heterocycles. The van der Waals surface area contributed by atoms with E-state index in [2.05, 4.69) is 223 Å². The highest BCUT2D eigenvalue weighted by molar-refractivity contribution is 6.16. The van der Waals surface area contributed by atoms with E-state index in [0.717, 1.165) is 99.9 Å². The van der Waals surface area contributed by atoms with E-state index >= 15 is 0 Å². The smallest absolute Gasteiger partial charge is 0.159 e. The number of furan rings is 2. The molecular weight excluding hydrogens is 743 g/mol.